The second kappa shape index (κ2) is 7.65. The molecule has 2 N–H and O–H groups in total. The summed E-state index contributed by atoms with van der Waals surface area (Å²) in [6.07, 6.45) is 1.15. The van der Waals surface area contributed by atoms with Crippen LogP contribution < -0.4 is 10.6 Å². The molecule has 0 amide bonds. The van der Waals surface area contributed by atoms with E-state index < -0.39 is 0 Å². The van der Waals surface area contributed by atoms with Gasteiger partial charge in [-0.1, -0.05) is 43.1 Å². The summed E-state index contributed by atoms with van der Waals surface area (Å²) in [7, 11) is 0. The van der Waals surface area contributed by atoms with Gasteiger partial charge in [0.05, 0.1) is 11.3 Å². The Morgan fingerprint density at radius 1 is 0.897 bits per heavy atom. The number of rotatable bonds is 4. The van der Waals surface area contributed by atoms with Crippen LogP contribution in [0.1, 0.15) is 36.3 Å². The maximum atomic E-state index is 12.9. The molecule has 1 aliphatic rings. The summed E-state index contributed by atoms with van der Waals surface area (Å²) < 4.78 is 0. The Morgan fingerprint density at radius 2 is 1.66 bits per heavy atom. The van der Waals surface area contributed by atoms with E-state index in [9.17, 15) is 4.79 Å². The van der Waals surface area contributed by atoms with Crippen LogP contribution in [0, 0.1) is 5.41 Å². The van der Waals surface area contributed by atoms with Gasteiger partial charge in [-0.25, -0.2) is 4.98 Å². The predicted molar refractivity (Wildman–Crippen MR) is 118 cm³/mol. The molecule has 3 aromatic rings. The first kappa shape index (κ1) is 19.7. The Bertz CT molecular complexity index is 1080. The number of carbonyl (C=O) groups is 1. The molecule has 0 bridgehead atoms. The van der Waals surface area contributed by atoms with Crippen molar-refractivity contribution in [3.63, 3.8) is 0 Å². The maximum Gasteiger partial charge on any atom is 0.229 e. The first-order valence-electron chi connectivity index (χ1n) is 9.28. The highest BCUT2D eigenvalue weighted by atomic mass is 35.5. The molecular weight excluding hydrogens is 407 g/mol. The van der Waals surface area contributed by atoms with Crippen molar-refractivity contribution in [1.29, 1.82) is 0 Å². The van der Waals surface area contributed by atoms with E-state index in [0.717, 1.165) is 17.1 Å². The van der Waals surface area contributed by atoms with Crippen LogP contribution >= 0.6 is 23.2 Å². The van der Waals surface area contributed by atoms with Crippen molar-refractivity contribution in [1.82, 2.24) is 9.97 Å². The van der Waals surface area contributed by atoms with Crippen LogP contribution in [0.15, 0.2) is 48.5 Å². The Hall–Kier alpha value is -2.63. The number of Topliss-reactive ketones (excluding diaryl/α,β-unsaturated/α-hetero) is 1. The SMILES string of the molecule is CC1(C)CC(=O)c2c(nc(Nc3ccc(Cl)cc3)nc2Nc2cccc(Cl)c2)C1. The van der Waals surface area contributed by atoms with E-state index in [1.165, 1.54) is 0 Å². The second-order valence-corrected chi connectivity index (χ2v) is 8.80. The molecule has 0 unspecified atom stereocenters. The van der Waals surface area contributed by atoms with Gasteiger partial charge in [0.15, 0.2) is 5.78 Å². The molecule has 1 aliphatic carbocycles. The standard InChI is InChI=1S/C22H20Cl2N4O/c1-22(2)11-17-19(18(29)12-22)20(25-16-5-3-4-14(24)10-16)28-21(27-17)26-15-8-6-13(23)7-9-15/h3-10H,11-12H2,1-2H3,(H2,25,26,27,28). The monoisotopic (exact) mass is 426 g/mol. The third-order valence-corrected chi connectivity index (χ3v) is 5.22. The second-order valence-electron chi connectivity index (χ2n) is 7.93. The molecule has 0 aliphatic heterocycles. The molecule has 2 aromatic carbocycles. The first-order valence-corrected chi connectivity index (χ1v) is 10.0. The highest BCUT2D eigenvalue weighted by molar-refractivity contribution is 6.31. The van der Waals surface area contributed by atoms with E-state index in [0.29, 0.717) is 40.2 Å². The van der Waals surface area contributed by atoms with Crippen molar-refractivity contribution in [3.05, 3.63) is 69.8 Å². The fourth-order valence-corrected chi connectivity index (χ4v) is 3.79. The van der Waals surface area contributed by atoms with Gasteiger partial charge >= 0.3 is 0 Å². The van der Waals surface area contributed by atoms with Gasteiger partial charge in [0.2, 0.25) is 5.95 Å². The number of hydrogen-bond donors (Lipinski definition) is 2. The van der Waals surface area contributed by atoms with Crippen molar-refractivity contribution in [2.24, 2.45) is 5.41 Å². The van der Waals surface area contributed by atoms with Gasteiger partial charge in [0, 0.05) is 27.8 Å². The summed E-state index contributed by atoms with van der Waals surface area (Å²) in [6.45, 7) is 4.15. The fourth-order valence-electron chi connectivity index (χ4n) is 3.48. The highest BCUT2D eigenvalue weighted by Crippen LogP contribution is 2.38. The van der Waals surface area contributed by atoms with Crippen molar-refractivity contribution < 1.29 is 4.79 Å². The minimum atomic E-state index is -0.150. The number of fused-ring (bicyclic) bond motifs is 1. The zero-order valence-electron chi connectivity index (χ0n) is 16.1. The van der Waals surface area contributed by atoms with Crippen LogP contribution in [-0.4, -0.2) is 15.8 Å². The van der Waals surface area contributed by atoms with Gasteiger partial charge in [-0.2, -0.15) is 4.98 Å². The van der Waals surface area contributed by atoms with E-state index in [1.54, 1.807) is 24.3 Å². The third-order valence-electron chi connectivity index (χ3n) is 4.74. The van der Waals surface area contributed by atoms with Gasteiger partial charge in [-0.15, -0.1) is 0 Å². The molecule has 5 nitrogen and oxygen atoms in total. The Labute approximate surface area is 179 Å². The van der Waals surface area contributed by atoms with Crippen LogP contribution in [0.2, 0.25) is 10.0 Å². The predicted octanol–water partition coefficient (Wildman–Crippen LogP) is 6.43. The number of nitrogens with one attached hydrogen (secondary N) is 2. The van der Waals surface area contributed by atoms with Crippen LogP contribution in [0.5, 0.6) is 0 Å². The topological polar surface area (TPSA) is 66.9 Å². The van der Waals surface area contributed by atoms with Crippen molar-refractivity contribution >= 4 is 52.1 Å². The number of aromatic nitrogens is 2. The lowest BCUT2D eigenvalue weighted by molar-refractivity contribution is 0.0911. The lowest BCUT2D eigenvalue weighted by Crippen LogP contribution is -2.29. The third kappa shape index (κ3) is 4.52. The summed E-state index contributed by atoms with van der Waals surface area (Å²) in [5.74, 6) is 0.939. The molecule has 0 fully saturated rings. The number of nitrogens with zero attached hydrogens (tertiary/aromatic N) is 2. The lowest BCUT2D eigenvalue weighted by atomic mass is 9.75. The number of carbonyl (C=O) groups excluding carboxylic acids is 1. The number of ketones is 1. The molecule has 29 heavy (non-hydrogen) atoms. The smallest absolute Gasteiger partial charge is 0.229 e. The summed E-state index contributed by atoms with van der Waals surface area (Å²) in [4.78, 5) is 22.2. The zero-order chi connectivity index (χ0) is 20.6. The minimum Gasteiger partial charge on any atom is -0.339 e. The Balaban J connectivity index is 1.77. The molecule has 0 saturated carbocycles. The molecule has 1 aromatic heterocycles. The average Bonchev–Trinajstić information content (AvgIpc) is 2.62. The van der Waals surface area contributed by atoms with Gasteiger partial charge in [-0.05, 0) is 54.3 Å². The quantitative estimate of drug-likeness (QED) is 0.503. The molecule has 4 rings (SSSR count). The molecule has 0 atom stereocenters. The summed E-state index contributed by atoms with van der Waals surface area (Å²) in [6, 6.07) is 14.6. The van der Waals surface area contributed by atoms with Gasteiger partial charge in [0.1, 0.15) is 5.82 Å². The number of benzene rings is 2. The van der Waals surface area contributed by atoms with Gasteiger partial charge in [0.25, 0.3) is 0 Å². The van der Waals surface area contributed by atoms with E-state index >= 15 is 0 Å². The van der Waals surface area contributed by atoms with E-state index in [1.807, 2.05) is 24.3 Å². The zero-order valence-corrected chi connectivity index (χ0v) is 17.6. The van der Waals surface area contributed by atoms with Crippen LogP contribution in [0.4, 0.5) is 23.1 Å². The van der Waals surface area contributed by atoms with Gasteiger partial charge < -0.3 is 10.6 Å². The number of anilines is 4. The van der Waals surface area contributed by atoms with Crippen LogP contribution in [0.25, 0.3) is 0 Å². The molecule has 148 valence electrons. The van der Waals surface area contributed by atoms with Crippen molar-refractivity contribution in [3.8, 4) is 0 Å². The van der Waals surface area contributed by atoms with Gasteiger partial charge in [-0.3, -0.25) is 4.79 Å². The minimum absolute atomic E-state index is 0.0406. The average molecular weight is 427 g/mol. The maximum absolute atomic E-state index is 12.9. The Morgan fingerprint density at radius 3 is 2.38 bits per heavy atom. The highest BCUT2D eigenvalue weighted by Gasteiger charge is 2.35. The van der Waals surface area contributed by atoms with Crippen LogP contribution in [-0.2, 0) is 6.42 Å². The number of hydrogen-bond acceptors (Lipinski definition) is 5. The number of halogens is 2. The van der Waals surface area contributed by atoms with E-state index in [2.05, 4.69) is 34.4 Å². The molecule has 0 spiro atoms. The summed E-state index contributed by atoms with van der Waals surface area (Å²) in [5, 5.41) is 7.70. The molecule has 1 heterocycles. The first-order chi connectivity index (χ1) is 13.8. The van der Waals surface area contributed by atoms with E-state index in [-0.39, 0.29) is 11.2 Å². The molecule has 7 heteroatoms. The van der Waals surface area contributed by atoms with E-state index in [4.69, 9.17) is 23.2 Å². The van der Waals surface area contributed by atoms with Crippen LogP contribution in [0.3, 0.4) is 0 Å². The fraction of sp³-hybridized carbons (Fsp3) is 0.227. The molecule has 0 saturated heterocycles. The largest absolute Gasteiger partial charge is 0.339 e. The summed E-state index contributed by atoms with van der Waals surface area (Å²) in [5.41, 5.74) is 2.70. The normalized spacial score (nSPS) is 15.0. The molecule has 0 radical (unpaired) electrons. The van der Waals surface area contributed by atoms with Crippen molar-refractivity contribution in [2.75, 3.05) is 10.6 Å². The molecular formula is C22H20Cl2N4O. The summed E-state index contributed by atoms with van der Waals surface area (Å²) >= 11 is 12.1. The van der Waals surface area contributed by atoms with Crippen molar-refractivity contribution in [2.45, 2.75) is 26.7 Å². The Kier molecular flexibility index (Phi) is 5.19. The lowest BCUT2D eigenvalue weighted by Gasteiger charge is -2.30.